The van der Waals surface area contributed by atoms with Crippen LogP contribution >= 0.6 is 0 Å². The van der Waals surface area contributed by atoms with Crippen LogP contribution in [-0.4, -0.2) is 24.4 Å². The van der Waals surface area contributed by atoms with Crippen LogP contribution in [0.25, 0.3) is 0 Å². The van der Waals surface area contributed by atoms with Crippen LogP contribution in [-0.2, 0) is 4.74 Å². The highest BCUT2D eigenvalue weighted by molar-refractivity contribution is 5.29. The zero-order valence-corrected chi connectivity index (χ0v) is 10.6. The van der Waals surface area contributed by atoms with E-state index in [0.717, 1.165) is 25.9 Å². The Morgan fingerprint density at radius 2 is 2.39 bits per heavy atom. The molecule has 0 saturated carbocycles. The van der Waals surface area contributed by atoms with Crippen LogP contribution in [0.4, 0.5) is 4.39 Å². The number of hydrogen-bond acceptors (Lipinski definition) is 3. The predicted molar refractivity (Wildman–Crippen MR) is 66.1 cm³/mol. The first-order valence-corrected chi connectivity index (χ1v) is 6.38. The summed E-state index contributed by atoms with van der Waals surface area (Å²) in [6.45, 7) is 2.90. The maximum absolute atomic E-state index is 13.6. The molecule has 0 amide bonds. The molecule has 0 radical (unpaired) electrons. The van der Waals surface area contributed by atoms with Gasteiger partial charge in [-0.1, -0.05) is 0 Å². The second-order valence-electron chi connectivity index (χ2n) is 4.63. The van der Waals surface area contributed by atoms with E-state index in [0.29, 0.717) is 17.9 Å². The van der Waals surface area contributed by atoms with Crippen molar-refractivity contribution in [2.24, 2.45) is 0 Å². The lowest BCUT2D eigenvalue weighted by Crippen LogP contribution is -2.10. The number of aliphatic hydroxyl groups is 1. The molecule has 0 bridgehead atoms. The Balaban J connectivity index is 1.84. The third-order valence-corrected chi connectivity index (χ3v) is 3.15. The molecule has 0 spiro atoms. The summed E-state index contributed by atoms with van der Waals surface area (Å²) in [4.78, 5) is 0. The smallest absolute Gasteiger partial charge is 0.132 e. The summed E-state index contributed by atoms with van der Waals surface area (Å²) >= 11 is 0. The quantitative estimate of drug-likeness (QED) is 0.878. The molecule has 1 fully saturated rings. The zero-order valence-electron chi connectivity index (χ0n) is 10.6. The highest BCUT2D eigenvalue weighted by atomic mass is 19.1. The van der Waals surface area contributed by atoms with Crippen LogP contribution < -0.4 is 4.74 Å². The maximum atomic E-state index is 13.6. The molecule has 18 heavy (non-hydrogen) atoms. The van der Waals surface area contributed by atoms with Gasteiger partial charge in [-0.2, -0.15) is 0 Å². The van der Waals surface area contributed by atoms with Crippen LogP contribution in [0.1, 0.15) is 37.9 Å². The van der Waals surface area contributed by atoms with E-state index in [4.69, 9.17) is 9.47 Å². The molecule has 2 rings (SSSR count). The molecule has 1 saturated heterocycles. The topological polar surface area (TPSA) is 38.7 Å². The first-order chi connectivity index (χ1) is 8.66. The Labute approximate surface area is 107 Å². The monoisotopic (exact) mass is 254 g/mol. The third kappa shape index (κ3) is 3.43. The fourth-order valence-corrected chi connectivity index (χ4v) is 2.12. The Morgan fingerprint density at radius 3 is 3.00 bits per heavy atom. The van der Waals surface area contributed by atoms with E-state index < -0.39 is 11.9 Å². The van der Waals surface area contributed by atoms with Gasteiger partial charge >= 0.3 is 0 Å². The van der Waals surface area contributed by atoms with Crippen molar-refractivity contribution in [1.82, 2.24) is 0 Å². The largest absolute Gasteiger partial charge is 0.493 e. The molecule has 4 heteroatoms. The van der Waals surface area contributed by atoms with Crippen molar-refractivity contribution < 1.29 is 19.0 Å². The second kappa shape index (κ2) is 6.16. The van der Waals surface area contributed by atoms with Gasteiger partial charge < -0.3 is 14.6 Å². The molecule has 1 aromatic carbocycles. The van der Waals surface area contributed by atoms with Gasteiger partial charge in [0.2, 0.25) is 0 Å². The van der Waals surface area contributed by atoms with Crippen LogP contribution in [0, 0.1) is 5.82 Å². The van der Waals surface area contributed by atoms with E-state index in [-0.39, 0.29) is 6.10 Å². The van der Waals surface area contributed by atoms with Gasteiger partial charge in [-0.3, -0.25) is 0 Å². The number of aliphatic hydroxyl groups excluding tert-OH is 1. The van der Waals surface area contributed by atoms with Crippen molar-refractivity contribution in [3.8, 4) is 5.75 Å². The lowest BCUT2D eigenvalue weighted by Gasteiger charge is -2.12. The van der Waals surface area contributed by atoms with E-state index in [9.17, 15) is 9.50 Å². The van der Waals surface area contributed by atoms with E-state index in [1.54, 1.807) is 12.1 Å². The van der Waals surface area contributed by atoms with E-state index in [2.05, 4.69) is 0 Å². The van der Waals surface area contributed by atoms with Crippen molar-refractivity contribution in [1.29, 1.82) is 0 Å². The lowest BCUT2D eigenvalue weighted by molar-refractivity contribution is 0.0903. The molecule has 3 nitrogen and oxygen atoms in total. The highest BCUT2D eigenvalue weighted by Gasteiger charge is 2.15. The summed E-state index contributed by atoms with van der Waals surface area (Å²) in [5.74, 6) is 0.0644. The first kappa shape index (κ1) is 13.3. The van der Waals surface area contributed by atoms with E-state index in [1.165, 1.54) is 13.0 Å². The molecular weight excluding hydrogens is 235 g/mol. The van der Waals surface area contributed by atoms with Crippen LogP contribution in [0.3, 0.4) is 0 Å². The van der Waals surface area contributed by atoms with Gasteiger partial charge in [0.15, 0.2) is 0 Å². The van der Waals surface area contributed by atoms with E-state index in [1.807, 2.05) is 0 Å². The Hall–Kier alpha value is -1.13. The molecule has 1 aliphatic heterocycles. The van der Waals surface area contributed by atoms with Gasteiger partial charge in [-0.15, -0.1) is 0 Å². The Morgan fingerprint density at radius 1 is 1.56 bits per heavy atom. The van der Waals surface area contributed by atoms with Crippen molar-refractivity contribution in [3.63, 3.8) is 0 Å². The van der Waals surface area contributed by atoms with Crippen molar-refractivity contribution in [3.05, 3.63) is 29.6 Å². The number of benzene rings is 1. The minimum atomic E-state index is -0.800. The summed E-state index contributed by atoms with van der Waals surface area (Å²) < 4.78 is 24.5. The minimum absolute atomic E-state index is 0.284. The van der Waals surface area contributed by atoms with Gasteiger partial charge in [0.1, 0.15) is 11.6 Å². The Kier molecular flexibility index (Phi) is 4.55. The number of rotatable bonds is 5. The SMILES string of the molecule is C[C@H](O)c1ccc(OCCC2CCCO2)cc1F. The molecular formula is C14H19FO3. The Bertz CT molecular complexity index is 387. The molecule has 100 valence electrons. The van der Waals surface area contributed by atoms with Crippen LogP contribution in [0.2, 0.25) is 0 Å². The van der Waals surface area contributed by atoms with Gasteiger partial charge in [0, 0.05) is 24.7 Å². The lowest BCUT2D eigenvalue weighted by atomic mass is 10.1. The van der Waals surface area contributed by atoms with Gasteiger partial charge in [-0.25, -0.2) is 4.39 Å². The highest BCUT2D eigenvalue weighted by Crippen LogP contribution is 2.22. The summed E-state index contributed by atoms with van der Waals surface area (Å²) in [6.07, 6.45) is 2.51. The zero-order chi connectivity index (χ0) is 13.0. The molecule has 1 aliphatic rings. The number of hydrogen-bond donors (Lipinski definition) is 1. The molecule has 1 aromatic rings. The maximum Gasteiger partial charge on any atom is 0.132 e. The van der Waals surface area contributed by atoms with Gasteiger partial charge in [0.05, 0.1) is 18.8 Å². The number of ether oxygens (including phenoxy) is 2. The average molecular weight is 254 g/mol. The fourth-order valence-electron chi connectivity index (χ4n) is 2.12. The molecule has 0 aromatic heterocycles. The summed E-state index contributed by atoms with van der Waals surface area (Å²) in [6, 6.07) is 4.56. The normalized spacial score (nSPS) is 20.9. The molecule has 1 N–H and O–H groups in total. The average Bonchev–Trinajstić information content (AvgIpc) is 2.81. The summed E-state index contributed by atoms with van der Waals surface area (Å²) in [5.41, 5.74) is 0.293. The summed E-state index contributed by atoms with van der Waals surface area (Å²) in [7, 11) is 0. The predicted octanol–water partition coefficient (Wildman–Crippen LogP) is 2.83. The second-order valence-corrected chi connectivity index (χ2v) is 4.63. The molecule has 1 heterocycles. The van der Waals surface area contributed by atoms with Crippen molar-refractivity contribution >= 4 is 0 Å². The van der Waals surface area contributed by atoms with Gasteiger partial charge in [0.25, 0.3) is 0 Å². The molecule has 1 unspecified atom stereocenters. The molecule has 2 atom stereocenters. The standard InChI is InChI=1S/C14H19FO3/c1-10(16)13-5-4-12(9-14(13)15)18-8-6-11-3-2-7-17-11/h4-5,9-11,16H,2-3,6-8H2,1H3/t10-,11?/m0/s1. The minimum Gasteiger partial charge on any atom is -0.493 e. The van der Waals surface area contributed by atoms with Crippen molar-refractivity contribution in [2.75, 3.05) is 13.2 Å². The van der Waals surface area contributed by atoms with Crippen LogP contribution in [0.15, 0.2) is 18.2 Å². The summed E-state index contributed by atoms with van der Waals surface area (Å²) in [5, 5.41) is 9.32. The third-order valence-electron chi connectivity index (χ3n) is 3.15. The molecule has 0 aliphatic carbocycles. The van der Waals surface area contributed by atoms with Crippen LogP contribution in [0.5, 0.6) is 5.75 Å². The van der Waals surface area contributed by atoms with E-state index >= 15 is 0 Å². The number of halogens is 1. The van der Waals surface area contributed by atoms with Crippen molar-refractivity contribution in [2.45, 2.75) is 38.4 Å². The van der Waals surface area contributed by atoms with Gasteiger partial charge in [-0.05, 0) is 31.9 Å². The fraction of sp³-hybridized carbons (Fsp3) is 0.571. The first-order valence-electron chi connectivity index (χ1n) is 6.38.